The van der Waals surface area contributed by atoms with Crippen molar-refractivity contribution in [1.82, 2.24) is 10.3 Å². The monoisotopic (exact) mass is 284 g/mol. The lowest BCUT2D eigenvalue weighted by Gasteiger charge is -2.39. The second kappa shape index (κ2) is 6.12. The van der Waals surface area contributed by atoms with E-state index in [9.17, 15) is 5.11 Å². The summed E-state index contributed by atoms with van der Waals surface area (Å²) in [6.45, 7) is 3.32. The molecule has 2 unspecified atom stereocenters. The number of fused-ring (bicyclic) bond motifs is 1. The standard InChI is InChI=1S/C18H24N2O/c1-14-4-2-8-18(11-14,13-21)20-12-15-6-7-17-16(10-15)5-3-9-19-17/h3,5-7,9-10,14,20-21H,2,4,8,11-13H2,1H3. The second-order valence-corrected chi connectivity index (χ2v) is 6.52. The van der Waals surface area contributed by atoms with Crippen molar-refractivity contribution in [2.75, 3.05) is 6.61 Å². The fourth-order valence-corrected chi connectivity index (χ4v) is 3.54. The van der Waals surface area contributed by atoms with Gasteiger partial charge in [0.2, 0.25) is 0 Å². The number of pyridine rings is 1. The molecule has 0 radical (unpaired) electrons. The van der Waals surface area contributed by atoms with Gasteiger partial charge in [0.15, 0.2) is 0 Å². The Balaban J connectivity index is 1.72. The molecule has 1 fully saturated rings. The van der Waals surface area contributed by atoms with Crippen molar-refractivity contribution in [1.29, 1.82) is 0 Å². The molecule has 1 aromatic heterocycles. The van der Waals surface area contributed by atoms with Crippen LogP contribution in [0.4, 0.5) is 0 Å². The molecule has 112 valence electrons. The van der Waals surface area contributed by atoms with E-state index in [0.29, 0.717) is 5.92 Å². The molecule has 1 heterocycles. The molecular formula is C18H24N2O. The molecule has 3 rings (SSSR count). The number of aliphatic hydroxyl groups is 1. The van der Waals surface area contributed by atoms with Crippen LogP contribution in [0.3, 0.4) is 0 Å². The summed E-state index contributed by atoms with van der Waals surface area (Å²) in [5.74, 6) is 0.694. The van der Waals surface area contributed by atoms with Crippen LogP contribution >= 0.6 is 0 Å². The number of aromatic nitrogens is 1. The van der Waals surface area contributed by atoms with Gasteiger partial charge in [0.05, 0.1) is 12.1 Å². The summed E-state index contributed by atoms with van der Waals surface area (Å²) in [5.41, 5.74) is 2.19. The zero-order chi connectivity index (χ0) is 14.7. The van der Waals surface area contributed by atoms with Crippen LogP contribution < -0.4 is 5.32 Å². The van der Waals surface area contributed by atoms with Crippen LogP contribution in [0.15, 0.2) is 36.5 Å². The van der Waals surface area contributed by atoms with Gasteiger partial charge in [0.25, 0.3) is 0 Å². The van der Waals surface area contributed by atoms with Crippen molar-refractivity contribution in [3.05, 3.63) is 42.1 Å². The zero-order valence-corrected chi connectivity index (χ0v) is 12.7. The number of hydrogen-bond acceptors (Lipinski definition) is 3. The molecule has 21 heavy (non-hydrogen) atoms. The van der Waals surface area contributed by atoms with Gasteiger partial charge in [0, 0.05) is 23.7 Å². The van der Waals surface area contributed by atoms with E-state index in [1.54, 1.807) is 0 Å². The summed E-state index contributed by atoms with van der Waals surface area (Å²) >= 11 is 0. The molecule has 2 aromatic rings. The Morgan fingerprint density at radius 1 is 1.38 bits per heavy atom. The smallest absolute Gasteiger partial charge is 0.0702 e. The third-order valence-electron chi connectivity index (χ3n) is 4.73. The fraction of sp³-hybridized carbons (Fsp3) is 0.500. The molecule has 1 aliphatic rings. The summed E-state index contributed by atoms with van der Waals surface area (Å²) in [6, 6.07) is 10.4. The van der Waals surface area contributed by atoms with E-state index in [1.165, 1.54) is 23.8 Å². The Hall–Kier alpha value is -1.45. The van der Waals surface area contributed by atoms with E-state index < -0.39 is 0 Å². The minimum atomic E-state index is -0.0957. The Kier molecular flexibility index (Phi) is 4.22. The van der Waals surface area contributed by atoms with Gasteiger partial charge in [-0.25, -0.2) is 0 Å². The average molecular weight is 284 g/mol. The largest absolute Gasteiger partial charge is 0.394 e. The molecule has 3 heteroatoms. The maximum absolute atomic E-state index is 9.84. The first-order chi connectivity index (χ1) is 10.2. The van der Waals surface area contributed by atoms with E-state index in [-0.39, 0.29) is 12.1 Å². The molecule has 1 saturated carbocycles. The summed E-state index contributed by atoms with van der Waals surface area (Å²) in [5, 5.41) is 14.6. The lowest BCUT2D eigenvalue weighted by molar-refractivity contribution is 0.0982. The zero-order valence-electron chi connectivity index (χ0n) is 12.7. The Labute approximate surface area is 126 Å². The molecule has 0 spiro atoms. The molecule has 0 aliphatic heterocycles. The Morgan fingerprint density at radius 3 is 3.10 bits per heavy atom. The number of benzene rings is 1. The van der Waals surface area contributed by atoms with Crippen LogP contribution in [-0.4, -0.2) is 22.2 Å². The van der Waals surface area contributed by atoms with Crippen LogP contribution in [0.25, 0.3) is 10.9 Å². The Bertz CT molecular complexity index is 613. The Morgan fingerprint density at radius 2 is 2.29 bits per heavy atom. The molecular weight excluding hydrogens is 260 g/mol. The summed E-state index contributed by atoms with van der Waals surface area (Å²) in [6.07, 6.45) is 6.45. The third kappa shape index (κ3) is 3.25. The number of nitrogens with one attached hydrogen (secondary N) is 1. The number of aliphatic hydroxyl groups excluding tert-OH is 1. The molecule has 2 N–H and O–H groups in total. The lowest BCUT2D eigenvalue weighted by atomic mass is 9.77. The maximum atomic E-state index is 9.84. The molecule has 0 saturated heterocycles. The van der Waals surface area contributed by atoms with Gasteiger partial charge in [0.1, 0.15) is 0 Å². The second-order valence-electron chi connectivity index (χ2n) is 6.52. The first kappa shape index (κ1) is 14.5. The highest BCUT2D eigenvalue weighted by Crippen LogP contribution is 2.32. The molecule has 1 aliphatic carbocycles. The predicted octanol–water partition coefficient (Wildman–Crippen LogP) is 3.27. The van der Waals surface area contributed by atoms with Gasteiger partial charge >= 0.3 is 0 Å². The molecule has 0 amide bonds. The number of rotatable bonds is 4. The third-order valence-corrected chi connectivity index (χ3v) is 4.73. The first-order valence-corrected chi connectivity index (χ1v) is 7.90. The lowest BCUT2D eigenvalue weighted by Crippen LogP contribution is -2.51. The van der Waals surface area contributed by atoms with Crippen molar-refractivity contribution in [3.8, 4) is 0 Å². The van der Waals surface area contributed by atoms with Gasteiger partial charge in [-0.3, -0.25) is 4.98 Å². The predicted molar refractivity (Wildman–Crippen MR) is 86.0 cm³/mol. The van der Waals surface area contributed by atoms with Crippen LogP contribution in [-0.2, 0) is 6.54 Å². The molecule has 1 aromatic carbocycles. The van der Waals surface area contributed by atoms with Gasteiger partial charge in [-0.1, -0.05) is 31.9 Å². The average Bonchev–Trinajstić information content (AvgIpc) is 2.53. The highest BCUT2D eigenvalue weighted by atomic mass is 16.3. The van der Waals surface area contributed by atoms with Gasteiger partial charge in [-0.05, 0) is 42.5 Å². The quantitative estimate of drug-likeness (QED) is 0.905. The number of nitrogens with zero attached hydrogens (tertiary/aromatic N) is 1. The molecule has 3 nitrogen and oxygen atoms in total. The van der Waals surface area contributed by atoms with Crippen LogP contribution in [0, 0.1) is 5.92 Å². The van der Waals surface area contributed by atoms with E-state index in [1.807, 2.05) is 12.3 Å². The maximum Gasteiger partial charge on any atom is 0.0702 e. The fourth-order valence-electron chi connectivity index (χ4n) is 3.54. The van der Waals surface area contributed by atoms with Crippen LogP contribution in [0.2, 0.25) is 0 Å². The van der Waals surface area contributed by atoms with Crippen LogP contribution in [0.5, 0.6) is 0 Å². The first-order valence-electron chi connectivity index (χ1n) is 7.90. The van der Waals surface area contributed by atoms with Gasteiger partial charge in [-0.15, -0.1) is 0 Å². The summed E-state index contributed by atoms with van der Waals surface area (Å²) in [7, 11) is 0. The van der Waals surface area contributed by atoms with E-state index >= 15 is 0 Å². The molecule has 0 bridgehead atoms. The summed E-state index contributed by atoms with van der Waals surface area (Å²) in [4.78, 5) is 4.35. The van der Waals surface area contributed by atoms with Crippen LogP contribution in [0.1, 0.15) is 38.2 Å². The van der Waals surface area contributed by atoms with E-state index in [0.717, 1.165) is 24.9 Å². The van der Waals surface area contributed by atoms with Crippen molar-refractivity contribution in [2.45, 2.75) is 44.7 Å². The normalized spacial score (nSPS) is 26.1. The molecule has 2 atom stereocenters. The van der Waals surface area contributed by atoms with Crippen molar-refractivity contribution >= 4 is 10.9 Å². The van der Waals surface area contributed by atoms with E-state index in [4.69, 9.17) is 0 Å². The van der Waals surface area contributed by atoms with Gasteiger partial charge in [-0.2, -0.15) is 0 Å². The highest BCUT2D eigenvalue weighted by Gasteiger charge is 2.33. The minimum absolute atomic E-state index is 0.0957. The minimum Gasteiger partial charge on any atom is -0.394 e. The topological polar surface area (TPSA) is 45.1 Å². The van der Waals surface area contributed by atoms with Crippen molar-refractivity contribution in [2.24, 2.45) is 5.92 Å². The SMILES string of the molecule is CC1CCCC(CO)(NCc2ccc3ncccc3c2)C1. The number of hydrogen-bond donors (Lipinski definition) is 2. The highest BCUT2D eigenvalue weighted by molar-refractivity contribution is 5.78. The van der Waals surface area contributed by atoms with E-state index in [2.05, 4.69) is 41.5 Å². The summed E-state index contributed by atoms with van der Waals surface area (Å²) < 4.78 is 0. The van der Waals surface area contributed by atoms with Crippen molar-refractivity contribution in [3.63, 3.8) is 0 Å². The van der Waals surface area contributed by atoms with Crippen molar-refractivity contribution < 1.29 is 5.11 Å². The van der Waals surface area contributed by atoms with Gasteiger partial charge < -0.3 is 10.4 Å².